The summed E-state index contributed by atoms with van der Waals surface area (Å²) in [6, 6.07) is 18.8. The number of aliphatic hydroxyl groups is 1. The Morgan fingerprint density at radius 1 is 1.19 bits per heavy atom. The zero-order valence-corrected chi connectivity index (χ0v) is 15.4. The summed E-state index contributed by atoms with van der Waals surface area (Å²) in [7, 11) is 0. The van der Waals surface area contributed by atoms with Gasteiger partial charge in [0.1, 0.15) is 0 Å². The molecule has 0 spiro atoms. The highest BCUT2D eigenvalue weighted by molar-refractivity contribution is 5.78. The first-order chi connectivity index (χ1) is 12.7. The summed E-state index contributed by atoms with van der Waals surface area (Å²) in [4.78, 5) is 15.0. The van der Waals surface area contributed by atoms with Crippen LogP contribution in [0.2, 0.25) is 0 Å². The fraction of sp³-hybridized carbons (Fsp3) is 0.409. The number of carbonyl (C=O) groups excluding carboxylic acids is 1. The minimum Gasteiger partial charge on any atom is -0.395 e. The quantitative estimate of drug-likeness (QED) is 0.806. The van der Waals surface area contributed by atoms with Crippen LogP contribution in [0.3, 0.4) is 0 Å². The van der Waals surface area contributed by atoms with Crippen molar-refractivity contribution in [2.24, 2.45) is 0 Å². The third kappa shape index (κ3) is 4.14. The molecule has 0 aromatic heterocycles. The van der Waals surface area contributed by atoms with Crippen LogP contribution in [0.15, 0.2) is 54.6 Å². The molecule has 1 heterocycles. The fourth-order valence-corrected chi connectivity index (χ4v) is 3.69. The van der Waals surface area contributed by atoms with E-state index in [0.717, 1.165) is 24.9 Å². The number of aliphatic hydroxyl groups excluding tert-OH is 1. The van der Waals surface area contributed by atoms with E-state index in [1.165, 1.54) is 11.1 Å². The Hall–Kier alpha value is -2.17. The monoisotopic (exact) mass is 352 g/mol. The van der Waals surface area contributed by atoms with Crippen molar-refractivity contribution in [2.45, 2.75) is 38.3 Å². The van der Waals surface area contributed by atoms with Gasteiger partial charge in [-0.1, -0.05) is 61.5 Å². The fourth-order valence-electron chi connectivity index (χ4n) is 3.69. The van der Waals surface area contributed by atoms with E-state index in [4.69, 9.17) is 0 Å². The molecule has 2 atom stereocenters. The van der Waals surface area contributed by atoms with Crippen molar-refractivity contribution in [3.63, 3.8) is 0 Å². The molecular formula is C22H28N2O2. The first-order valence-corrected chi connectivity index (χ1v) is 9.51. The van der Waals surface area contributed by atoms with Gasteiger partial charge in [0.25, 0.3) is 0 Å². The lowest BCUT2D eigenvalue weighted by atomic mass is 9.88. The molecule has 26 heavy (non-hydrogen) atoms. The van der Waals surface area contributed by atoms with E-state index in [2.05, 4.69) is 41.7 Å². The van der Waals surface area contributed by atoms with Gasteiger partial charge in [-0.3, -0.25) is 4.79 Å². The lowest BCUT2D eigenvalue weighted by molar-refractivity contribution is -0.133. The van der Waals surface area contributed by atoms with Crippen molar-refractivity contribution in [1.82, 2.24) is 10.2 Å². The smallest absolute Gasteiger partial charge is 0.224 e. The molecule has 0 fully saturated rings. The summed E-state index contributed by atoms with van der Waals surface area (Å²) >= 11 is 0. The normalized spacial score (nSPS) is 17.6. The number of carbonyl (C=O) groups is 1. The van der Waals surface area contributed by atoms with Crippen LogP contribution in [-0.4, -0.2) is 41.7 Å². The van der Waals surface area contributed by atoms with Gasteiger partial charge >= 0.3 is 0 Å². The second kappa shape index (κ2) is 8.97. The largest absolute Gasteiger partial charge is 0.395 e. The molecule has 0 bridgehead atoms. The molecule has 4 nitrogen and oxygen atoms in total. The Labute approximate surface area is 155 Å². The van der Waals surface area contributed by atoms with Crippen LogP contribution in [0, 0.1) is 0 Å². The van der Waals surface area contributed by atoms with E-state index in [9.17, 15) is 9.90 Å². The standard InChI is InChI=1S/C22H28N2O2/c1-2-19(16-25)23-14-12-21(26)24-15-13-17-8-6-7-11-20(17)22(24)18-9-4-3-5-10-18/h3-11,19,22-23,25H,2,12-16H2,1H3/t19-,22-/m1/s1. The maximum absolute atomic E-state index is 13.0. The molecule has 0 unspecified atom stereocenters. The van der Waals surface area contributed by atoms with Crippen LogP contribution in [0.4, 0.5) is 0 Å². The molecule has 1 aliphatic heterocycles. The number of hydrogen-bond donors (Lipinski definition) is 2. The Bertz CT molecular complexity index is 713. The van der Waals surface area contributed by atoms with Crippen molar-refractivity contribution in [1.29, 1.82) is 0 Å². The van der Waals surface area contributed by atoms with Gasteiger partial charge in [0.2, 0.25) is 5.91 Å². The summed E-state index contributed by atoms with van der Waals surface area (Å²) in [6.45, 7) is 3.47. The Kier molecular flexibility index (Phi) is 6.42. The van der Waals surface area contributed by atoms with Gasteiger partial charge in [-0.05, 0) is 29.5 Å². The zero-order chi connectivity index (χ0) is 18.4. The minimum absolute atomic E-state index is 0.0199. The van der Waals surface area contributed by atoms with Gasteiger partial charge in [-0.2, -0.15) is 0 Å². The molecule has 2 aromatic carbocycles. The molecule has 0 saturated heterocycles. The number of hydrogen-bond acceptors (Lipinski definition) is 3. The van der Waals surface area contributed by atoms with Gasteiger partial charge in [-0.25, -0.2) is 0 Å². The first-order valence-electron chi connectivity index (χ1n) is 9.51. The summed E-state index contributed by atoms with van der Waals surface area (Å²) in [5.41, 5.74) is 3.71. The van der Waals surface area contributed by atoms with Gasteiger partial charge in [-0.15, -0.1) is 0 Å². The van der Waals surface area contributed by atoms with E-state index in [-0.39, 0.29) is 24.6 Å². The second-order valence-electron chi connectivity index (χ2n) is 6.84. The average Bonchev–Trinajstić information content (AvgIpc) is 2.71. The van der Waals surface area contributed by atoms with E-state index in [1.54, 1.807) is 0 Å². The Morgan fingerprint density at radius 2 is 1.92 bits per heavy atom. The minimum atomic E-state index is -0.0199. The van der Waals surface area contributed by atoms with Crippen LogP contribution in [-0.2, 0) is 11.2 Å². The molecule has 4 heteroatoms. The molecule has 3 rings (SSSR count). The Morgan fingerprint density at radius 3 is 2.65 bits per heavy atom. The van der Waals surface area contributed by atoms with Gasteiger partial charge in [0, 0.05) is 25.6 Å². The van der Waals surface area contributed by atoms with Crippen molar-refractivity contribution in [3.8, 4) is 0 Å². The van der Waals surface area contributed by atoms with Crippen molar-refractivity contribution < 1.29 is 9.90 Å². The number of rotatable bonds is 7. The number of benzene rings is 2. The molecule has 1 amide bonds. The van der Waals surface area contributed by atoms with Crippen LogP contribution in [0.5, 0.6) is 0 Å². The van der Waals surface area contributed by atoms with E-state index < -0.39 is 0 Å². The summed E-state index contributed by atoms with van der Waals surface area (Å²) in [5, 5.41) is 12.5. The average molecular weight is 352 g/mol. The maximum atomic E-state index is 13.0. The van der Waals surface area contributed by atoms with Crippen molar-refractivity contribution >= 4 is 5.91 Å². The molecule has 0 saturated carbocycles. The predicted octanol–water partition coefficient (Wildman–Crippen LogP) is 2.91. The van der Waals surface area contributed by atoms with Gasteiger partial charge < -0.3 is 15.3 Å². The molecule has 0 aliphatic carbocycles. The lowest BCUT2D eigenvalue weighted by Crippen LogP contribution is -2.42. The van der Waals surface area contributed by atoms with E-state index in [1.807, 2.05) is 30.0 Å². The summed E-state index contributed by atoms with van der Waals surface area (Å²) < 4.78 is 0. The summed E-state index contributed by atoms with van der Waals surface area (Å²) in [6.07, 6.45) is 2.20. The van der Waals surface area contributed by atoms with Crippen molar-refractivity contribution in [3.05, 3.63) is 71.3 Å². The third-order valence-electron chi connectivity index (χ3n) is 5.20. The summed E-state index contributed by atoms with van der Waals surface area (Å²) in [5.74, 6) is 0.161. The number of nitrogens with one attached hydrogen (secondary N) is 1. The number of amides is 1. The highest BCUT2D eigenvalue weighted by atomic mass is 16.3. The van der Waals surface area contributed by atoms with E-state index in [0.29, 0.717) is 13.0 Å². The SMILES string of the molecule is CC[C@H](CO)NCCC(=O)N1CCc2ccccc2[C@H]1c1ccccc1. The molecule has 138 valence electrons. The number of nitrogens with zero attached hydrogens (tertiary/aromatic N) is 1. The Balaban J connectivity index is 1.78. The van der Waals surface area contributed by atoms with Crippen LogP contribution in [0.25, 0.3) is 0 Å². The highest BCUT2D eigenvalue weighted by Gasteiger charge is 2.31. The molecule has 2 aromatic rings. The van der Waals surface area contributed by atoms with Crippen molar-refractivity contribution in [2.75, 3.05) is 19.7 Å². The lowest BCUT2D eigenvalue weighted by Gasteiger charge is -2.38. The molecule has 0 radical (unpaired) electrons. The second-order valence-corrected chi connectivity index (χ2v) is 6.84. The van der Waals surface area contributed by atoms with E-state index >= 15 is 0 Å². The number of fused-ring (bicyclic) bond motifs is 1. The zero-order valence-electron chi connectivity index (χ0n) is 15.4. The first kappa shape index (κ1) is 18.6. The third-order valence-corrected chi connectivity index (χ3v) is 5.20. The molecular weight excluding hydrogens is 324 g/mol. The van der Waals surface area contributed by atoms with Crippen LogP contribution >= 0.6 is 0 Å². The maximum Gasteiger partial charge on any atom is 0.224 e. The topological polar surface area (TPSA) is 52.6 Å². The van der Waals surface area contributed by atoms with Crippen LogP contribution < -0.4 is 5.32 Å². The highest BCUT2D eigenvalue weighted by Crippen LogP contribution is 2.35. The molecule has 1 aliphatic rings. The van der Waals surface area contributed by atoms with Gasteiger partial charge in [0.05, 0.1) is 12.6 Å². The predicted molar refractivity (Wildman–Crippen MR) is 104 cm³/mol. The van der Waals surface area contributed by atoms with Gasteiger partial charge in [0.15, 0.2) is 0 Å². The molecule has 2 N–H and O–H groups in total. The van der Waals surface area contributed by atoms with Crippen LogP contribution in [0.1, 0.15) is 42.5 Å².